The molecule has 5 rings (SSSR count). The quantitative estimate of drug-likeness (QED) is 0.667. The molecule has 0 unspecified atom stereocenters. The average Bonchev–Trinajstić information content (AvgIpc) is 3.40. The predicted octanol–water partition coefficient (Wildman–Crippen LogP) is 2.06. The maximum atomic E-state index is 12.4. The van der Waals surface area contributed by atoms with Gasteiger partial charge in [-0.25, -0.2) is 8.42 Å². The number of amides is 2. The van der Waals surface area contributed by atoms with E-state index in [0.29, 0.717) is 47.9 Å². The number of aryl methyl sites for hydroxylation is 1. The van der Waals surface area contributed by atoms with Crippen LogP contribution in [0.15, 0.2) is 24.4 Å². The lowest BCUT2D eigenvalue weighted by Gasteiger charge is -2.18. The third-order valence-electron chi connectivity index (χ3n) is 6.27. The van der Waals surface area contributed by atoms with E-state index in [9.17, 15) is 18.0 Å². The minimum Gasteiger partial charge on any atom is -0.488 e. The molecular formula is C23H26N4O5S. The molecule has 2 fully saturated rings. The molecule has 1 aliphatic carbocycles. The summed E-state index contributed by atoms with van der Waals surface area (Å²) in [4.78, 5) is 31.0. The average molecular weight is 471 g/mol. The molecule has 3 heterocycles. The lowest BCUT2D eigenvalue weighted by Crippen LogP contribution is -2.32. The van der Waals surface area contributed by atoms with E-state index in [-0.39, 0.29) is 23.8 Å². The van der Waals surface area contributed by atoms with Crippen LogP contribution in [0, 0.1) is 12.8 Å². The highest BCUT2D eigenvalue weighted by Gasteiger charge is 2.37. The van der Waals surface area contributed by atoms with Crippen molar-refractivity contribution in [3.8, 4) is 16.9 Å². The Kier molecular flexibility index (Phi) is 5.27. The van der Waals surface area contributed by atoms with Gasteiger partial charge in [0.25, 0.3) is 5.91 Å². The molecule has 3 aliphatic rings. The van der Waals surface area contributed by atoms with Gasteiger partial charge in [-0.2, -0.15) is 0 Å². The van der Waals surface area contributed by atoms with Crippen LogP contribution in [0.4, 0.5) is 5.69 Å². The van der Waals surface area contributed by atoms with Crippen LogP contribution in [-0.4, -0.2) is 55.6 Å². The number of anilines is 1. The summed E-state index contributed by atoms with van der Waals surface area (Å²) in [6.07, 6.45) is 5.31. The molecule has 2 aromatic rings. The molecule has 0 radical (unpaired) electrons. The van der Waals surface area contributed by atoms with Crippen LogP contribution in [0.1, 0.15) is 40.9 Å². The summed E-state index contributed by atoms with van der Waals surface area (Å²) in [5.74, 6) is 0.766. The largest absolute Gasteiger partial charge is 0.488 e. The molecular weight excluding hydrogens is 444 g/mol. The van der Waals surface area contributed by atoms with Gasteiger partial charge in [-0.15, -0.1) is 0 Å². The van der Waals surface area contributed by atoms with E-state index < -0.39 is 10.0 Å². The number of hydrogen-bond donors (Lipinski definition) is 2. The van der Waals surface area contributed by atoms with Crippen LogP contribution in [0.2, 0.25) is 0 Å². The number of nitrogens with zero attached hydrogens (tertiary/aromatic N) is 2. The first kappa shape index (κ1) is 21.7. The highest BCUT2D eigenvalue weighted by molar-refractivity contribution is 7.92. The fourth-order valence-electron chi connectivity index (χ4n) is 4.42. The first-order valence-corrected chi connectivity index (χ1v) is 12.9. The Labute approximate surface area is 192 Å². The van der Waals surface area contributed by atoms with Gasteiger partial charge in [0.2, 0.25) is 15.9 Å². The summed E-state index contributed by atoms with van der Waals surface area (Å²) < 4.78 is 32.2. The van der Waals surface area contributed by atoms with Gasteiger partial charge in [-0.1, -0.05) is 0 Å². The van der Waals surface area contributed by atoms with E-state index in [4.69, 9.17) is 4.74 Å². The van der Waals surface area contributed by atoms with Crippen molar-refractivity contribution in [2.45, 2.75) is 38.8 Å². The second-order valence-electron chi connectivity index (χ2n) is 9.00. The summed E-state index contributed by atoms with van der Waals surface area (Å²) in [6, 6.07) is 5.32. The Bertz CT molecular complexity index is 1260. The predicted molar refractivity (Wildman–Crippen MR) is 122 cm³/mol. The lowest BCUT2D eigenvalue weighted by molar-refractivity contribution is -0.131. The first-order chi connectivity index (χ1) is 15.7. The number of likely N-dealkylation sites (tertiary alicyclic amines) is 1. The molecule has 0 spiro atoms. The number of rotatable bonds is 6. The number of nitrogens with one attached hydrogen (secondary N) is 2. The van der Waals surface area contributed by atoms with E-state index in [2.05, 4.69) is 15.0 Å². The maximum Gasteiger partial charge on any atom is 0.252 e. The molecule has 1 aromatic heterocycles. The number of ether oxygens (including phenoxy) is 1. The zero-order chi connectivity index (χ0) is 23.3. The summed E-state index contributed by atoms with van der Waals surface area (Å²) in [6.45, 7) is 3.32. The van der Waals surface area contributed by atoms with Gasteiger partial charge in [0.15, 0.2) is 0 Å². The van der Waals surface area contributed by atoms with Crippen molar-refractivity contribution in [2.24, 2.45) is 5.92 Å². The lowest BCUT2D eigenvalue weighted by atomic mass is 9.97. The monoisotopic (exact) mass is 470 g/mol. The minimum atomic E-state index is -3.47. The van der Waals surface area contributed by atoms with Crippen LogP contribution in [0.3, 0.4) is 0 Å². The van der Waals surface area contributed by atoms with Crippen molar-refractivity contribution >= 4 is 27.5 Å². The van der Waals surface area contributed by atoms with Crippen molar-refractivity contribution in [1.29, 1.82) is 0 Å². The third kappa shape index (κ3) is 4.52. The molecule has 2 N–H and O–H groups in total. The minimum absolute atomic E-state index is 0.137. The fourth-order valence-corrected chi connectivity index (χ4v) is 5.02. The molecule has 10 heteroatoms. The van der Waals surface area contributed by atoms with Crippen LogP contribution < -0.4 is 14.8 Å². The molecule has 33 heavy (non-hydrogen) atoms. The van der Waals surface area contributed by atoms with Gasteiger partial charge >= 0.3 is 0 Å². The Morgan fingerprint density at radius 2 is 1.97 bits per heavy atom. The molecule has 1 aromatic carbocycles. The summed E-state index contributed by atoms with van der Waals surface area (Å²) in [7, 11) is -3.47. The van der Waals surface area contributed by atoms with Crippen LogP contribution in [-0.2, 0) is 21.4 Å². The van der Waals surface area contributed by atoms with E-state index in [1.165, 1.54) is 0 Å². The smallest absolute Gasteiger partial charge is 0.252 e. The molecule has 0 bridgehead atoms. The second-order valence-corrected chi connectivity index (χ2v) is 10.7. The second kappa shape index (κ2) is 8.02. The van der Waals surface area contributed by atoms with Gasteiger partial charge in [-0.05, 0) is 49.1 Å². The van der Waals surface area contributed by atoms with E-state index in [1.807, 2.05) is 11.0 Å². The number of hydrogen-bond acceptors (Lipinski definition) is 6. The molecule has 1 atom stereocenters. The number of carbonyl (C=O) groups is 2. The van der Waals surface area contributed by atoms with Gasteiger partial charge < -0.3 is 15.0 Å². The maximum absolute atomic E-state index is 12.4. The topological polar surface area (TPSA) is 118 Å². The summed E-state index contributed by atoms with van der Waals surface area (Å²) >= 11 is 0. The Morgan fingerprint density at radius 1 is 1.21 bits per heavy atom. The molecule has 2 amide bonds. The molecule has 174 valence electrons. The van der Waals surface area contributed by atoms with Gasteiger partial charge in [-0.3, -0.25) is 19.3 Å². The van der Waals surface area contributed by atoms with Crippen molar-refractivity contribution in [1.82, 2.24) is 15.2 Å². The number of sulfonamides is 1. The van der Waals surface area contributed by atoms with Crippen molar-refractivity contribution in [2.75, 3.05) is 24.1 Å². The highest BCUT2D eigenvalue weighted by atomic mass is 32.2. The number of fused-ring (bicyclic) bond motifs is 1. The summed E-state index contributed by atoms with van der Waals surface area (Å²) in [5.41, 5.74) is 3.73. The Balaban J connectivity index is 1.45. The van der Waals surface area contributed by atoms with Crippen LogP contribution >= 0.6 is 0 Å². The van der Waals surface area contributed by atoms with Crippen LogP contribution in [0.5, 0.6) is 5.75 Å². The highest BCUT2D eigenvalue weighted by Crippen LogP contribution is 2.36. The zero-order valence-electron chi connectivity index (χ0n) is 18.6. The van der Waals surface area contributed by atoms with E-state index in [0.717, 1.165) is 36.6 Å². The fraction of sp³-hybridized carbons (Fsp3) is 0.435. The van der Waals surface area contributed by atoms with Crippen LogP contribution in [0.25, 0.3) is 11.1 Å². The van der Waals surface area contributed by atoms with Gasteiger partial charge in [0.05, 0.1) is 24.2 Å². The summed E-state index contributed by atoms with van der Waals surface area (Å²) in [5, 5.41) is 2.84. The number of benzene rings is 1. The number of pyridine rings is 1. The van der Waals surface area contributed by atoms with E-state index >= 15 is 0 Å². The first-order valence-electron chi connectivity index (χ1n) is 11.0. The Morgan fingerprint density at radius 3 is 2.70 bits per heavy atom. The van der Waals surface area contributed by atoms with Crippen molar-refractivity contribution < 1.29 is 22.7 Å². The molecule has 1 saturated heterocycles. The number of carbonyl (C=O) groups excluding carboxylic acids is 2. The van der Waals surface area contributed by atoms with Crippen molar-refractivity contribution in [3.05, 3.63) is 41.2 Å². The SMILES string of the molecule is Cc1ncc(-c2cc(O[C@@H]3CCN(C(=O)C4CC4)C3)cc3c2CNC3=O)cc1NS(C)(=O)=O. The Hall–Kier alpha value is -3.14. The van der Waals surface area contributed by atoms with Gasteiger partial charge in [0.1, 0.15) is 11.9 Å². The standard InChI is InChI=1S/C23H26N4O5S/c1-13-21(26-33(2,30)31)7-15(10-24-13)18-8-17(9-19-20(18)11-25-22(19)28)32-16-5-6-27(12-16)23(29)14-3-4-14/h7-10,14,16,26H,3-6,11-12H2,1-2H3,(H,25,28)/t16-/m1/s1. The molecule has 9 nitrogen and oxygen atoms in total. The third-order valence-corrected chi connectivity index (χ3v) is 6.86. The molecule has 1 saturated carbocycles. The number of aromatic nitrogens is 1. The normalized spacial score (nSPS) is 19.9. The van der Waals surface area contributed by atoms with Crippen molar-refractivity contribution in [3.63, 3.8) is 0 Å². The van der Waals surface area contributed by atoms with Gasteiger partial charge in [0, 0.05) is 42.8 Å². The molecule has 2 aliphatic heterocycles. The zero-order valence-corrected chi connectivity index (χ0v) is 19.4. The van der Waals surface area contributed by atoms with E-state index in [1.54, 1.807) is 25.3 Å².